The Morgan fingerprint density at radius 1 is 1.29 bits per heavy atom. The van der Waals surface area contributed by atoms with Crippen LogP contribution in [0.5, 0.6) is 5.75 Å². The third-order valence-electron chi connectivity index (χ3n) is 3.21. The lowest BCUT2D eigenvalue weighted by Crippen LogP contribution is -2.30. The Bertz CT molecular complexity index is 637. The van der Waals surface area contributed by atoms with Gasteiger partial charge in [-0.05, 0) is 46.1 Å². The molecule has 112 valence electrons. The van der Waals surface area contributed by atoms with Crippen LogP contribution in [0.2, 0.25) is 0 Å². The van der Waals surface area contributed by atoms with E-state index in [1.807, 2.05) is 12.1 Å². The van der Waals surface area contributed by atoms with Crippen molar-refractivity contribution in [3.8, 4) is 5.75 Å². The van der Waals surface area contributed by atoms with Gasteiger partial charge in [-0.25, -0.2) is 8.78 Å². The van der Waals surface area contributed by atoms with Gasteiger partial charge >= 0.3 is 0 Å². The lowest BCUT2D eigenvalue weighted by molar-refractivity contribution is 0.411. The van der Waals surface area contributed by atoms with E-state index in [0.29, 0.717) is 12.2 Å². The van der Waals surface area contributed by atoms with Gasteiger partial charge in [0.15, 0.2) is 11.6 Å². The number of ether oxygens (including phenoxy) is 1. The van der Waals surface area contributed by atoms with Gasteiger partial charge in [-0.15, -0.1) is 0 Å². The van der Waals surface area contributed by atoms with E-state index >= 15 is 0 Å². The van der Waals surface area contributed by atoms with Crippen LogP contribution in [0.4, 0.5) is 8.78 Å². The topological polar surface area (TPSA) is 47.3 Å². The lowest BCUT2D eigenvalue weighted by Gasteiger charge is -2.18. The molecule has 6 heteroatoms. The number of nitrogens with one attached hydrogen (secondary N) is 1. The first kappa shape index (κ1) is 15.9. The van der Waals surface area contributed by atoms with Gasteiger partial charge in [0.05, 0.1) is 17.6 Å². The molecule has 1 atom stereocenters. The van der Waals surface area contributed by atoms with E-state index in [1.54, 1.807) is 13.2 Å². The highest BCUT2D eigenvalue weighted by Crippen LogP contribution is 2.28. The Hall–Kier alpha value is -1.50. The van der Waals surface area contributed by atoms with Gasteiger partial charge < -0.3 is 4.74 Å². The molecule has 0 bridgehead atoms. The van der Waals surface area contributed by atoms with Crippen molar-refractivity contribution in [3.63, 3.8) is 0 Å². The van der Waals surface area contributed by atoms with Crippen molar-refractivity contribution in [2.75, 3.05) is 7.11 Å². The fourth-order valence-corrected chi connectivity index (χ4v) is 2.71. The van der Waals surface area contributed by atoms with Gasteiger partial charge in [0.25, 0.3) is 0 Å². The Labute approximate surface area is 130 Å². The molecule has 0 aromatic heterocycles. The number of hydrogen-bond donors (Lipinski definition) is 2. The van der Waals surface area contributed by atoms with Crippen molar-refractivity contribution in [2.45, 2.75) is 12.5 Å². The van der Waals surface area contributed by atoms with Crippen LogP contribution in [-0.2, 0) is 6.42 Å². The molecule has 1 unspecified atom stereocenters. The predicted octanol–water partition coefficient (Wildman–Crippen LogP) is 3.48. The second-order valence-corrected chi connectivity index (χ2v) is 5.39. The Kier molecular flexibility index (Phi) is 5.27. The number of hydrogen-bond acceptors (Lipinski definition) is 3. The number of hydrazine groups is 1. The molecular formula is C15H15BrF2N2O. The summed E-state index contributed by atoms with van der Waals surface area (Å²) in [5.41, 5.74) is 3.64. The zero-order valence-electron chi connectivity index (χ0n) is 11.4. The quantitative estimate of drug-likeness (QED) is 0.636. The molecule has 0 aliphatic heterocycles. The fraction of sp³-hybridized carbons (Fsp3) is 0.200. The summed E-state index contributed by atoms with van der Waals surface area (Å²) in [6, 6.07) is 9.04. The number of rotatable bonds is 5. The smallest absolute Gasteiger partial charge is 0.163 e. The Balaban J connectivity index is 2.27. The van der Waals surface area contributed by atoms with Crippen LogP contribution in [0, 0.1) is 11.6 Å². The van der Waals surface area contributed by atoms with Crippen LogP contribution < -0.4 is 16.0 Å². The zero-order valence-corrected chi connectivity index (χ0v) is 13.0. The molecule has 0 amide bonds. The van der Waals surface area contributed by atoms with Gasteiger partial charge in [0.1, 0.15) is 5.75 Å². The van der Waals surface area contributed by atoms with E-state index in [0.717, 1.165) is 16.1 Å². The number of methoxy groups -OCH3 is 1. The van der Waals surface area contributed by atoms with Crippen molar-refractivity contribution in [2.24, 2.45) is 5.84 Å². The molecule has 0 saturated carbocycles. The van der Waals surface area contributed by atoms with Crippen LogP contribution in [0.25, 0.3) is 0 Å². The summed E-state index contributed by atoms with van der Waals surface area (Å²) in [4.78, 5) is 0. The first-order valence-electron chi connectivity index (χ1n) is 6.29. The second kappa shape index (κ2) is 6.98. The van der Waals surface area contributed by atoms with E-state index in [2.05, 4.69) is 21.4 Å². The third kappa shape index (κ3) is 3.58. The molecular weight excluding hydrogens is 342 g/mol. The molecule has 3 N–H and O–H groups in total. The number of halogens is 3. The van der Waals surface area contributed by atoms with Crippen molar-refractivity contribution in [1.29, 1.82) is 0 Å². The van der Waals surface area contributed by atoms with Crippen molar-refractivity contribution >= 4 is 15.9 Å². The monoisotopic (exact) mass is 356 g/mol. The molecule has 0 fully saturated rings. The largest absolute Gasteiger partial charge is 0.496 e. The summed E-state index contributed by atoms with van der Waals surface area (Å²) in [5.74, 6) is 4.43. The maximum absolute atomic E-state index is 13.8. The summed E-state index contributed by atoms with van der Waals surface area (Å²) in [5, 5.41) is 0. The van der Waals surface area contributed by atoms with E-state index < -0.39 is 17.7 Å². The van der Waals surface area contributed by atoms with E-state index in [-0.39, 0.29) is 5.56 Å². The standard InChI is InChI=1S/C15H15BrF2N2O/c1-21-14-6-5-9(7-11(14)16)8-13(20-19)10-3-2-4-12(17)15(10)18/h2-7,13,20H,8,19H2,1H3. The molecule has 0 aliphatic carbocycles. The molecule has 3 nitrogen and oxygen atoms in total. The first-order chi connectivity index (χ1) is 10.1. The molecule has 2 aromatic rings. The molecule has 0 radical (unpaired) electrons. The molecule has 0 heterocycles. The highest BCUT2D eigenvalue weighted by Gasteiger charge is 2.18. The highest BCUT2D eigenvalue weighted by molar-refractivity contribution is 9.10. The van der Waals surface area contributed by atoms with Gasteiger partial charge in [0.2, 0.25) is 0 Å². The van der Waals surface area contributed by atoms with Gasteiger partial charge in [-0.3, -0.25) is 11.3 Å². The van der Waals surface area contributed by atoms with Gasteiger partial charge in [-0.1, -0.05) is 18.2 Å². The molecule has 2 rings (SSSR count). The van der Waals surface area contributed by atoms with E-state index in [9.17, 15) is 8.78 Å². The van der Waals surface area contributed by atoms with Crippen LogP contribution in [-0.4, -0.2) is 7.11 Å². The van der Waals surface area contributed by atoms with Crippen molar-refractivity contribution in [3.05, 3.63) is 63.6 Å². The van der Waals surface area contributed by atoms with E-state index in [4.69, 9.17) is 10.6 Å². The SMILES string of the molecule is COc1ccc(CC(NN)c2cccc(F)c2F)cc1Br. The van der Waals surface area contributed by atoms with E-state index in [1.165, 1.54) is 12.1 Å². The summed E-state index contributed by atoms with van der Waals surface area (Å²) in [7, 11) is 1.58. The van der Waals surface area contributed by atoms with Gasteiger partial charge in [0, 0.05) is 5.56 Å². The van der Waals surface area contributed by atoms with Crippen LogP contribution in [0.15, 0.2) is 40.9 Å². The van der Waals surface area contributed by atoms with Crippen LogP contribution in [0.1, 0.15) is 17.2 Å². The predicted molar refractivity (Wildman–Crippen MR) is 80.8 cm³/mol. The van der Waals surface area contributed by atoms with Crippen molar-refractivity contribution in [1.82, 2.24) is 5.43 Å². The average Bonchev–Trinajstić information content (AvgIpc) is 2.48. The minimum atomic E-state index is -0.885. The van der Waals surface area contributed by atoms with Crippen molar-refractivity contribution < 1.29 is 13.5 Å². The minimum absolute atomic E-state index is 0.199. The molecule has 21 heavy (non-hydrogen) atoms. The second-order valence-electron chi connectivity index (χ2n) is 4.54. The zero-order chi connectivity index (χ0) is 15.4. The summed E-state index contributed by atoms with van der Waals surface area (Å²) in [6.45, 7) is 0. The normalized spacial score (nSPS) is 12.2. The summed E-state index contributed by atoms with van der Waals surface area (Å²) >= 11 is 3.39. The van der Waals surface area contributed by atoms with Gasteiger partial charge in [-0.2, -0.15) is 0 Å². The minimum Gasteiger partial charge on any atom is -0.496 e. The lowest BCUT2D eigenvalue weighted by atomic mass is 9.98. The Morgan fingerprint density at radius 3 is 2.67 bits per heavy atom. The number of nitrogens with two attached hydrogens (primary N) is 1. The molecule has 0 saturated heterocycles. The highest BCUT2D eigenvalue weighted by atomic mass is 79.9. The fourth-order valence-electron chi connectivity index (χ4n) is 2.12. The summed E-state index contributed by atoms with van der Waals surface area (Å²) in [6.07, 6.45) is 0.416. The Morgan fingerprint density at radius 2 is 2.05 bits per heavy atom. The number of benzene rings is 2. The first-order valence-corrected chi connectivity index (χ1v) is 7.08. The molecule has 2 aromatic carbocycles. The third-order valence-corrected chi connectivity index (χ3v) is 3.83. The average molecular weight is 357 g/mol. The maximum Gasteiger partial charge on any atom is 0.163 e. The maximum atomic E-state index is 13.8. The molecule has 0 spiro atoms. The van der Waals surface area contributed by atoms with Crippen LogP contribution in [0.3, 0.4) is 0 Å². The molecule has 0 aliphatic rings. The van der Waals surface area contributed by atoms with Crippen LogP contribution >= 0.6 is 15.9 Å². The summed E-state index contributed by atoms with van der Waals surface area (Å²) < 4.78 is 33.1.